The zero-order chi connectivity index (χ0) is 14.2. The summed E-state index contributed by atoms with van der Waals surface area (Å²) in [7, 11) is 0. The van der Waals surface area contributed by atoms with E-state index < -0.39 is 0 Å². The van der Waals surface area contributed by atoms with Gasteiger partial charge in [-0.25, -0.2) is 0 Å². The molecule has 1 radical (unpaired) electrons. The molecule has 2 aromatic rings. The van der Waals surface area contributed by atoms with Crippen molar-refractivity contribution in [1.82, 2.24) is 0 Å². The molecule has 0 unspecified atom stereocenters. The van der Waals surface area contributed by atoms with Gasteiger partial charge in [-0.3, -0.25) is 0 Å². The zero-order valence-corrected chi connectivity index (χ0v) is 13.6. The maximum absolute atomic E-state index is 4.65. The van der Waals surface area contributed by atoms with Crippen molar-refractivity contribution in [2.24, 2.45) is 4.99 Å². The van der Waals surface area contributed by atoms with Crippen LogP contribution in [0.25, 0.3) is 0 Å². The Morgan fingerprint density at radius 3 is 2.40 bits per heavy atom. The molecule has 2 aromatic carbocycles. The Kier molecular flexibility index (Phi) is 6.04. The van der Waals surface area contributed by atoms with Crippen LogP contribution in [0.5, 0.6) is 0 Å². The third-order valence-electron chi connectivity index (χ3n) is 3.35. The Bertz CT molecular complexity index is 561. The van der Waals surface area contributed by atoms with Crippen LogP contribution in [0.15, 0.2) is 59.6 Å². The predicted octanol–water partition coefficient (Wildman–Crippen LogP) is 3.93. The van der Waals surface area contributed by atoms with Gasteiger partial charge in [0.05, 0.1) is 0 Å². The van der Waals surface area contributed by atoms with Gasteiger partial charge >= 0.3 is 130 Å². The molecule has 103 valence electrons. The molecule has 0 aromatic heterocycles. The molecule has 0 atom stereocenters. The van der Waals surface area contributed by atoms with Crippen molar-refractivity contribution in [3.63, 3.8) is 0 Å². The average molecular weight is 329 g/mol. The minimum absolute atomic E-state index is 0.892. The molecule has 0 saturated heterocycles. The first-order valence-corrected chi connectivity index (χ1v) is 7.94. The van der Waals surface area contributed by atoms with Crippen molar-refractivity contribution in [2.75, 3.05) is 6.54 Å². The minimum atomic E-state index is 0.892. The Hall–Kier alpha value is -1.37. The fourth-order valence-electron chi connectivity index (χ4n) is 2.16. The molecule has 0 aliphatic carbocycles. The summed E-state index contributed by atoms with van der Waals surface area (Å²) < 4.78 is 1.03. The van der Waals surface area contributed by atoms with Crippen LogP contribution < -0.4 is 0 Å². The van der Waals surface area contributed by atoms with E-state index in [1.54, 1.807) is 0 Å². The van der Waals surface area contributed by atoms with Crippen molar-refractivity contribution >= 4 is 20.6 Å². The second kappa shape index (κ2) is 8.04. The van der Waals surface area contributed by atoms with Gasteiger partial charge in [0, 0.05) is 0 Å². The Morgan fingerprint density at radius 2 is 1.65 bits per heavy atom. The summed E-state index contributed by atoms with van der Waals surface area (Å²) in [6.45, 7) is 3.01. The van der Waals surface area contributed by atoms with E-state index in [0.29, 0.717) is 0 Å². The number of benzene rings is 2. The quantitative estimate of drug-likeness (QED) is 0.432. The van der Waals surface area contributed by atoms with E-state index in [0.717, 1.165) is 24.0 Å². The van der Waals surface area contributed by atoms with Crippen molar-refractivity contribution in [3.8, 4) is 0 Å². The molecule has 0 amide bonds. The second-order valence-electron chi connectivity index (χ2n) is 4.94. The second-order valence-corrected chi connectivity index (χ2v) is 5.76. The fraction of sp³-hybridized carbons (Fsp3) is 0.278. The molecule has 0 heterocycles. The Morgan fingerprint density at radius 1 is 0.950 bits per heavy atom. The third-order valence-corrected chi connectivity index (χ3v) is 4.08. The average Bonchev–Trinajstić information content (AvgIpc) is 2.48. The molecular weight excluding hydrogens is 309 g/mol. The summed E-state index contributed by atoms with van der Waals surface area (Å²) in [5.41, 5.74) is 3.91. The number of nitrogens with zero attached hydrogens (tertiary/aromatic N) is 1. The van der Waals surface area contributed by atoms with Crippen LogP contribution in [0, 0.1) is 6.92 Å². The van der Waals surface area contributed by atoms with Crippen LogP contribution in [0.3, 0.4) is 0 Å². The normalized spacial score (nSPS) is 11.6. The van der Waals surface area contributed by atoms with E-state index in [2.05, 4.69) is 82.5 Å². The van der Waals surface area contributed by atoms with Crippen molar-refractivity contribution in [1.29, 1.82) is 0 Å². The van der Waals surface area contributed by atoms with Gasteiger partial charge in [0.2, 0.25) is 0 Å². The first kappa shape index (κ1) is 15.0. The summed E-state index contributed by atoms with van der Waals surface area (Å²) >= 11 is 3.09. The third kappa shape index (κ3) is 4.63. The SMILES string of the molecule is Cc1ccccc1C([Se])=NCCCCc1ccccc1. The molecule has 2 heteroatoms. The molecule has 0 bridgehead atoms. The van der Waals surface area contributed by atoms with E-state index in [9.17, 15) is 0 Å². The molecule has 0 aliphatic rings. The molecule has 0 aliphatic heterocycles. The molecular formula is C18H20NSe. The number of hydrogen-bond donors (Lipinski definition) is 0. The van der Waals surface area contributed by atoms with Crippen molar-refractivity contribution in [2.45, 2.75) is 26.2 Å². The molecule has 20 heavy (non-hydrogen) atoms. The van der Waals surface area contributed by atoms with E-state index in [1.165, 1.54) is 23.1 Å². The van der Waals surface area contributed by atoms with Gasteiger partial charge in [-0.15, -0.1) is 0 Å². The summed E-state index contributed by atoms with van der Waals surface area (Å²) in [5, 5.41) is 0. The molecule has 2 rings (SSSR count). The molecule has 0 saturated carbocycles. The van der Waals surface area contributed by atoms with Gasteiger partial charge in [-0.2, -0.15) is 0 Å². The first-order valence-electron chi connectivity index (χ1n) is 7.09. The van der Waals surface area contributed by atoms with E-state index in [4.69, 9.17) is 0 Å². The van der Waals surface area contributed by atoms with Gasteiger partial charge in [-0.05, 0) is 0 Å². The van der Waals surface area contributed by atoms with Crippen LogP contribution >= 0.6 is 0 Å². The zero-order valence-electron chi connectivity index (χ0n) is 11.9. The maximum atomic E-state index is 4.65. The van der Waals surface area contributed by atoms with Crippen LogP contribution in [-0.4, -0.2) is 27.2 Å². The summed E-state index contributed by atoms with van der Waals surface area (Å²) in [6, 6.07) is 19.0. The van der Waals surface area contributed by atoms with Gasteiger partial charge in [0.1, 0.15) is 0 Å². The van der Waals surface area contributed by atoms with Gasteiger partial charge in [0.25, 0.3) is 0 Å². The Balaban J connectivity index is 1.78. The van der Waals surface area contributed by atoms with Gasteiger partial charge in [0.15, 0.2) is 0 Å². The van der Waals surface area contributed by atoms with Gasteiger partial charge < -0.3 is 0 Å². The van der Waals surface area contributed by atoms with Crippen LogP contribution in [-0.2, 0) is 6.42 Å². The molecule has 0 N–H and O–H groups in total. The predicted molar refractivity (Wildman–Crippen MR) is 87.7 cm³/mol. The number of unbranched alkanes of at least 4 members (excludes halogenated alkanes) is 1. The molecule has 0 spiro atoms. The fourth-order valence-corrected chi connectivity index (χ4v) is 2.84. The number of rotatable bonds is 6. The number of aryl methyl sites for hydroxylation is 2. The van der Waals surface area contributed by atoms with Crippen LogP contribution in [0.2, 0.25) is 0 Å². The number of hydrogen-bond acceptors (Lipinski definition) is 1. The summed E-state index contributed by atoms with van der Waals surface area (Å²) in [6.07, 6.45) is 3.46. The summed E-state index contributed by atoms with van der Waals surface area (Å²) in [5.74, 6) is 0. The standard InChI is InChI=1S/C18H20NSe/c1-15-9-5-6-13-17(15)18(20)19-14-8-7-12-16-10-3-2-4-11-16/h2-6,9-11,13H,7-8,12,14H2,1H3. The van der Waals surface area contributed by atoms with Crippen LogP contribution in [0.4, 0.5) is 0 Å². The van der Waals surface area contributed by atoms with Crippen molar-refractivity contribution < 1.29 is 0 Å². The Labute approximate surface area is 130 Å². The topological polar surface area (TPSA) is 12.4 Å². The van der Waals surface area contributed by atoms with E-state index in [-0.39, 0.29) is 0 Å². The monoisotopic (exact) mass is 330 g/mol. The number of aliphatic imine (C=N–C) groups is 1. The summed E-state index contributed by atoms with van der Waals surface area (Å²) in [4.78, 5) is 4.65. The molecule has 1 nitrogen and oxygen atoms in total. The van der Waals surface area contributed by atoms with Crippen LogP contribution in [0.1, 0.15) is 29.5 Å². The van der Waals surface area contributed by atoms with E-state index in [1.807, 2.05) is 0 Å². The van der Waals surface area contributed by atoms with Crippen molar-refractivity contribution in [3.05, 3.63) is 71.3 Å². The van der Waals surface area contributed by atoms with E-state index >= 15 is 0 Å². The first-order chi connectivity index (χ1) is 9.77. The molecule has 0 fully saturated rings. The van der Waals surface area contributed by atoms with Gasteiger partial charge in [-0.1, -0.05) is 0 Å².